The van der Waals surface area contributed by atoms with Crippen molar-refractivity contribution in [3.05, 3.63) is 47.5 Å². The van der Waals surface area contributed by atoms with Gasteiger partial charge in [0.15, 0.2) is 6.23 Å². The average Bonchev–Trinajstić information content (AvgIpc) is 3.31. The van der Waals surface area contributed by atoms with Gasteiger partial charge in [0.2, 0.25) is 0 Å². The number of allylic oxidation sites excluding steroid dienone is 1. The van der Waals surface area contributed by atoms with Crippen LogP contribution < -0.4 is 0 Å². The van der Waals surface area contributed by atoms with E-state index in [1.807, 2.05) is 51.1 Å². The van der Waals surface area contributed by atoms with Crippen molar-refractivity contribution in [1.29, 1.82) is 5.26 Å². The highest BCUT2D eigenvalue weighted by Gasteiger charge is 2.68. The van der Waals surface area contributed by atoms with Gasteiger partial charge in [-0.15, -0.1) is 0 Å². The van der Waals surface area contributed by atoms with E-state index in [1.54, 1.807) is 18.0 Å². The van der Waals surface area contributed by atoms with Crippen molar-refractivity contribution >= 4 is 19.1 Å². The van der Waals surface area contributed by atoms with Gasteiger partial charge in [-0.1, -0.05) is 71.0 Å². The van der Waals surface area contributed by atoms with Crippen molar-refractivity contribution in [3.63, 3.8) is 0 Å². The number of carbonyl (C=O) groups is 2. The van der Waals surface area contributed by atoms with E-state index in [-0.39, 0.29) is 22.5 Å². The number of benzene rings is 1. The van der Waals surface area contributed by atoms with Gasteiger partial charge in [0.1, 0.15) is 11.6 Å². The Morgan fingerprint density at radius 3 is 2.57 bits per heavy atom. The normalized spacial score (nSPS) is 31.0. The maximum atomic E-state index is 13.8. The summed E-state index contributed by atoms with van der Waals surface area (Å²) in [6.45, 7) is 13.1. The summed E-state index contributed by atoms with van der Waals surface area (Å²) in [4.78, 5) is 30.3. The number of likely N-dealkylation sites (N-methyl/N-ethyl adjacent to an activating group) is 1. The number of ether oxygens (including phenoxy) is 1. The zero-order valence-corrected chi connectivity index (χ0v) is 26.3. The molecule has 0 spiro atoms. The summed E-state index contributed by atoms with van der Waals surface area (Å²) < 4.78 is 19.5. The van der Waals surface area contributed by atoms with Crippen molar-refractivity contribution < 1.29 is 23.6 Å². The molecule has 0 aromatic heterocycles. The lowest BCUT2D eigenvalue weighted by Gasteiger charge is -2.64. The van der Waals surface area contributed by atoms with Gasteiger partial charge in [0, 0.05) is 20.0 Å². The molecule has 1 aromatic carbocycles. The maximum Gasteiger partial charge on any atom is 0.482 e. The van der Waals surface area contributed by atoms with Crippen molar-refractivity contribution in [2.45, 2.75) is 104 Å². The molecular weight excluding hydrogens is 529 g/mol. The zero-order valence-electron chi connectivity index (χ0n) is 26.3. The standard InChI is InChI=1S/C33H46BN3O5/c1-31(2,3)20-23(21-35)29(38)37-16-12-11-15-28(37)40-30(39)36(7)27(17-22-13-9-8-10-14-22)34-41-26-19-24-18-25(32(24,4)5)33(26,6)42-34/h8-10,13-14,20,24-28H,11-12,15-19H2,1-7H3/b23-20+/t24-,25-,26+,27-,28+,33-/m0/s1. The largest absolute Gasteiger partial charge is 0.482 e. The van der Waals surface area contributed by atoms with Gasteiger partial charge in [-0.05, 0) is 67.3 Å². The molecule has 2 saturated heterocycles. The van der Waals surface area contributed by atoms with Crippen LogP contribution in [0.15, 0.2) is 42.0 Å². The van der Waals surface area contributed by atoms with E-state index in [9.17, 15) is 14.9 Å². The predicted octanol–water partition coefficient (Wildman–Crippen LogP) is 5.77. The third-order valence-corrected chi connectivity index (χ3v) is 10.2. The summed E-state index contributed by atoms with van der Waals surface area (Å²) in [5, 5.41) is 9.73. The van der Waals surface area contributed by atoms with Gasteiger partial charge >= 0.3 is 13.2 Å². The average molecular weight is 576 g/mol. The smallest absolute Gasteiger partial charge is 0.425 e. The number of nitriles is 1. The summed E-state index contributed by atoms with van der Waals surface area (Å²) in [6, 6.07) is 12.1. The third kappa shape index (κ3) is 5.73. The molecule has 0 N–H and O–H groups in total. The second kappa shape index (κ2) is 11.4. The Balaban J connectivity index is 1.35. The Bertz CT molecular complexity index is 1250. The maximum absolute atomic E-state index is 13.8. The fraction of sp³-hybridized carbons (Fsp3) is 0.667. The van der Waals surface area contributed by atoms with E-state index in [0.29, 0.717) is 31.2 Å². The Morgan fingerprint density at radius 1 is 1.21 bits per heavy atom. The van der Waals surface area contributed by atoms with E-state index in [2.05, 4.69) is 26.8 Å². The summed E-state index contributed by atoms with van der Waals surface area (Å²) in [6.07, 6.45) is 5.21. The molecule has 2 amide bonds. The Hall–Kier alpha value is -2.83. The molecule has 1 aromatic rings. The summed E-state index contributed by atoms with van der Waals surface area (Å²) in [7, 11) is 1.13. The minimum Gasteiger partial charge on any atom is -0.425 e. The van der Waals surface area contributed by atoms with E-state index < -0.39 is 36.9 Å². The summed E-state index contributed by atoms with van der Waals surface area (Å²) >= 11 is 0. The number of nitrogens with zero attached hydrogens (tertiary/aromatic N) is 3. The molecule has 3 saturated carbocycles. The van der Waals surface area contributed by atoms with Crippen LogP contribution in [0.3, 0.4) is 0 Å². The fourth-order valence-electron chi connectivity index (χ4n) is 7.65. The highest BCUT2D eigenvalue weighted by atomic mass is 16.7. The molecule has 9 heteroatoms. The minimum absolute atomic E-state index is 0.00701. The highest BCUT2D eigenvalue weighted by molar-refractivity contribution is 6.47. The molecule has 5 aliphatic rings. The first kappa shape index (κ1) is 30.6. The number of piperidine rings is 1. The first-order valence-electron chi connectivity index (χ1n) is 15.5. The molecule has 6 atom stereocenters. The van der Waals surface area contributed by atoms with Gasteiger partial charge in [-0.2, -0.15) is 5.26 Å². The third-order valence-electron chi connectivity index (χ3n) is 10.2. The molecule has 5 fully saturated rings. The van der Waals surface area contributed by atoms with Crippen LogP contribution in [0.2, 0.25) is 0 Å². The quantitative estimate of drug-likeness (QED) is 0.243. The number of carbonyl (C=O) groups excluding carboxylic acids is 2. The first-order valence-corrected chi connectivity index (χ1v) is 15.5. The van der Waals surface area contributed by atoms with Crippen molar-refractivity contribution in [2.24, 2.45) is 22.7 Å². The van der Waals surface area contributed by atoms with Crippen molar-refractivity contribution in [1.82, 2.24) is 9.80 Å². The summed E-state index contributed by atoms with van der Waals surface area (Å²) in [5.74, 6) is 0.213. The van der Waals surface area contributed by atoms with Gasteiger partial charge in [-0.25, -0.2) is 4.79 Å². The van der Waals surface area contributed by atoms with Crippen LogP contribution in [0.1, 0.15) is 79.2 Å². The lowest BCUT2D eigenvalue weighted by Crippen LogP contribution is -2.65. The van der Waals surface area contributed by atoms with E-state index in [1.165, 1.54) is 4.90 Å². The Morgan fingerprint density at radius 2 is 1.93 bits per heavy atom. The Labute approximate surface area is 251 Å². The number of likely N-dealkylation sites (tertiary alicyclic amines) is 1. The van der Waals surface area contributed by atoms with Crippen LogP contribution in [-0.4, -0.2) is 66.4 Å². The molecule has 0 radical (unpaired) electrons. The van der Waals surface area contributed by atoms with Crippen molar-refractivity contribution in [2.75, 3.05) is 13.6 Å². The lowest BCUT2D eigenvalue weighted by atomic mass is 9.43. The van der Waals surface area contributed by atoms with Gasteiger partial charge < -0.3 is 23.8 Å². The topological polar surface area (TPSA) is 92.1 Å². The number of hydrogen-bond donors (Lipinski definition) is 0. The van der Waals surface area contributed by atoms with Crippen LogP contribution in [0.5, 0.6) is 0 Å². The first-order chi connectivity index (χ1) is 19.7. The van der Waals surface area contributed by atoms with E-state index >= 15 is 0 Å². The molecule has 8 nitrogen and oxygen atoms in total. The fourth-order valence-corrected chi connectivity index (χ4v) is 7.65. The van der Waals surface area contributed by atoms with Gasteiger partial charge in [0.05, 0.1) is 17.6 Å². The minimum atomic E-state index is -0.742. The van der Waals surface area contributed by atoms with Gasteiger partial charge in [-0.3, -0.25) is 4.79 Å². The lowest BCUT2D eigenvalue weighted by molar-refractivity contribution is -0.199. The SMILES string of the molecule is CN(C(=O)O[C@@H]1CCCCN1C(=O)/C(C#N)=C/C(C)(C)C)[C@@H](Cc1ccccc1)B1O[C@@H]2C[C@@H]3C[C@@H](C3(C)C)[C@]2(C)O1. The molecule has 2 aliphatic heterocycles. The van der Waals surface area contributed by atoms with Crippen LogP contribution in [-0.2, 0) is 25.3 Å². The molecule has 226 valence electrons. The van der Waals surface area contributed by atoms with E-state index in [0.717, 1.165) is 31.2 Å². The molecule has 2 bridgehead atoms. The van der Waals surface area contributed by atoms with Crippen LogP contribution >= 0.6 is 0 Å². The molecule has 0 unspecified atom stereocenters. The second-order valence-corrected chi connectivity index (χ2v) is 14.6. The van der Waals surface area contributed by atoms with Crippen LogP contribution in [0.4, 0.5) is 4.79 Å². The monoisotopic (exact) mass is 575 g/mol. The van der Waals surface area contributed by atoms with Crippen LogP contribution in [0, 0.1) is 34.0 Å². The second-order valence-electron chi connectivity index (χ2n) is 14.6. The molecular formula is C33H46BN3O5. The number of amides is 2. The number of rotatable bonds is 6. The molecule has 3 aliphatic carbocycles. The van der Waals surface area contributed by atoms with Crippen LogP contribution in [0.25, 0.3) is 0 Å². The van der Waals surface area contributed by atoms with E-state index in [4.69, 9.17) is 14.0 Å². The van der Waals surface area contributed by atoms with Crippen molar-refractivity contribution in [3.8, 4) is 6.07 Å². The highest BCUT2D eigenvalue weighted by Crippen LogP contribution is 2.65. The Kier molecular flexibility index (Phi) is 8.28. The zero-order chi connectivity index (χ0) is 30.4. The predicted molar refractivity (Wildman–Crippen MR) is 161 cm³/mol. The molecule has 2 heterocycles. The summed E-state index contributed by atoms with van der Waals surface area (Å²) in [5.41, 5.74) is 0.620. The molecule has 6 rings (SSSR count). The number of hydrogen-bond acceptors (Lipinski definition) is 6. The molecule has 42 heavy (non-hydrogen) atoms. The van der Waals surface area contributed by atoms with Gasteiger partial charge in [0.25, 0.3) is 5.91 Å².